The Morgan fingerprint density at radius 1 is 1.53 bits per heavy atom. The molecule has 1 heterocycles. The van der Waals surface area contributed by atoms with Crippen molar-refractivity contribution in [3.63, 3.8) is 0 Å². The molecule has 5 heteroatoms. The summed E-state index contributed by atoms with van der Waals surface area (Å²) in [6.45, 7) is 0. The Morgan fingerprint density at radius 3 is 2.93 bits per heavy atom. The third kappa shape index (κ3) is 1.63. The molecular weight excluding hydrogens is 196 g/mol. The van der Waals surface area contributed by atoms with Gasteiger partial charge in [-0.05, 0) is 17.7 Å². The standard InChI is InChI=1S/C10H10N2O3/c1-12-8-4-6(5-9(13)14)2-3-7(8)10(15)11-12/h2-4H,5H2,1H3,(H,11,15)(H,13,14). The zero-order chi connectivity index (χ0) is 11.0. The molecule has 0 saturated carbocycles. The first kappa shape index (κ1) is 9.51. The van der Waals surface area contributed by atoms with Gasteiger partial charge < -0.3 is 5.11 Å². The van der Waals surface area contributed by atoms with E-state index in [2.05, 4.69) is 5.10 Å². The zero-order valence-electron chi connectivity index (χ0n) is 8.15. The molecule has 0 bridgehead atoms. The van der Waals surface area contributed by atoms with Crippen molar-refractivity contribution in [2.24, 2.45) is 7.05 Å². The van der Waals surface area contributed by atoms with E-state index in [1.807, 2.05) is 0 Å². The number of H-pyrrole nitrogens is 1. The molecule has 1 aromatic heterocycles. The number of aliphatic carboxylic acids is 1. The number of fused-ring (bicyclic) bond motifs is 1. The van der Waals surface area contributed by atoms with Gasteiger partial charge in [-0.1, -0.05) is 6.07 Å². The van der Waals surface area contributed by atoms with Crippen LogP contribution in [-0.2, 0) is 18.3 Å². The second-order valence-electron chi connectivity index (χ2n) is 3.42. The van der Waals surface area contributed by atoms with Crippen molar-refractivity contribution < 1.29 is 9.90 Å². The van der Waals surface area contributed by atoms with Crippen molar-refractivity contribution in [2.45, 2.75) is 6.42 Å². The van der Waals surface area contributed by atoms with Gasteiger partial charge in [0, 0.05) is 7.05 Å². The number of carboxylic acid groups (broad SMARTS) is 1. The number of rotatable bonds is 2. The maximum atomic E-state index is 11.3. The summed E-state index contributed by atoms with van der Waals surface area (Å²) < 4.78 is 1.59. The van der Waals surface area contributed by atoms with Gasteiger partial charge in [-0.3, -0.25) is 19.4 Å². The summed E-state index contributed by atoms with van der Waals surface area (Å²) >= 11 is 0. The van der Waals surface area contributed by atoms with Crippen LogP contribution in [0.15, 0.2) is 23.0 Å². The maximum Gasteiger partial charge on any atom is 0.307 e. The predicted octanol–water partition coefficient (Wildman–Crippen LogP) is 0.494. The molecule has 1 aromatic carbocycles. The van der Waals surface area contributed by atoms with Crippen LogP contribution in [0.1, 0.15) is 5.56 Å². The summed E-state index contributed by atoms with van der Waals surface area (Å²) in [7, 11) is 1.72. The van der Waals surface area contributed by atoms with Gasteiger partial charge in [-0.2, -0.15) is 0 Å². The molecule has 0 aliphatic heterocycles. The minimum atomic E-state index is -0.880. The Balaban J connectivity index is 2.60. The fourth-order valence-electron chi connectivity index (χ4n) is 1.60. The molecule has 0 unspecified atom stereocenters. The van der Waals surface area contributed by atoms with Crippen LogP contribution in [0.3, 0.4) is 0 Å². The van der Waals surface area contributed by atoms with Gasteiger partial charge in [-0.15, -0.1) is 0 Å². The Labute approximate surface area is 84.9 Å². The molecule has 0 radical (unpaired) electrons. The highest BCUT2D eigenvalue weighted by atomic mass is 16.4. The summed E-state index contributed by atoms with van der Waals surface area (Å²) in [5.74, 6) is -0.880. The van der Waals surface area contributed by atoms with Crippen LogP contribution in [0.2, 0.25) is 0 Å². The number of hydrogen-bond acceptors (Lipinski definition) is 2. The molecule has 0 fully saturated rings. The van der Waals surface area contributed by atoms with E-state index in [0.29, 0.717) is 10.9 Å². The van der Waals surface area contributed by atoms with Crippen LogP contribution >= 0.6 is 0 Å². The van der Waals surface area contributed by atoms with Gasteiger partial charge in [0.05, 0.1) is 17.3 Å². The Hall–Kier alpha value is -2.04. The predicted molar refractivity (Wildman–Crippen MR) is 54.9 cm³/mol. The van der Waals surface area contributed by atoms with Gasteiger partial charge in [0.25, 0.3) is 5.56 Å². The molecule has 15 heavy (non-hydrogen) atoms. The number of carboxylic acids is 1. The lowest BCUT2D eigenvalue weighted by atomic mass is 10.1. The minimum absolute atomic E-state index is 0.0324. The topological polar surface area (TPSA) is 75.1 Å². The number of aromatic nitrogens is 2. The maximum absolute atomic E-state index is 11.3. The van der Waals surface area contributed by atoms with Crippen LogP contribution in [0, 0.1) is 0 Å². The molecule has 2 aromatic rings. The van der Waals surface area contributed by atoms with E-state index in [4.69, 9.17) is 5.11 Å². The van der Waals surface area contributed by atoms with Gasteiger partial charge in [0.1, 0.15) is 0 Å². The Bertz CT molecular complexity index is 580. The highest BCUT2D eigenvalue weighted by Gasteiger charge is 2.06. The minimum Gasteiger partial charge on any atom is -0.481 e. The first-order valence-corrected chi connectivity index (χ1v) is 4.47. The zero-order valence-corrected chi connectivity index (χ0v) is 8.15. The van der Waals surface area contributed by atoms with Gasteiger partial charge in [0.2, 0.25) is 0 Å². The molecule has 0 atom stereocenters. The van der Waals surface area contributed by atoms with E-state index in [0.717, 1.165) is 5.52 Å². The molecule has 78 valence electrons. The fourth-order valence-corrected chi connectivity index (χ4v) is 1.60. The molecule has 0 spiro atoms. The van der Waals surface area contributed by atoms with Gasteiger partial charge in [-0.25, -0.2) is 0 Å². The highest BCUT2D eigenvalue weighted by molar-refractivity contribution is 5.80. The van der Waals surface area contributed by atoms with Gasteiger partial charge >= 0.3 is 5.97 Å². The second kappa shape index (κ2) is 3.27. The second-order valence-corrected chi connectivity index (χ2v) is 3.42. The summed E-state index contributed by atoms with van der Waals surface area (Å²) in [5, 5.41) is 11.8. The van der Waals surface area contributed by atoms with E-state index in [9.17, 15) is 9.59 Å². The molecule has 0 amide bonds. The number of hydrogen-bond donors (Lipinski definition) is 2. The number of carbonyl (C=O) groups is 1. The number of nitrogens with one attached hydrogen (secondary N) is 1. The molecule has 0 aliphatic carbocycles. The fraction of sp³-hybridized carbons (Fsp3) is 0.200. The summed E-state index contributed by atoms with van der Waals surface area (Å²) in [5.41, 5.74) is 1.25. The van der Waals surface area contributed by atoms with Crippen LogP contribution in [-0.4, -0.2) is 20.9 Å². The SMILES string of the molecule is Cn1[nH]c(=O)c2ccc(CC(=O)O)cc21. The lowest BCUT2D eigenvalue weighted by Gasteiger charge is -1.98. The molecule has 0 saturated heterocycles. The normalized spacial score (nSPS) is 10.7. The molecule has 2 N–H and O–H groups in total. The van der Waals surface area contributed by atoms with Crippen LogP contribution < -0.4 is 5.56 Å². The largest absolute Gasteiger partial charge is 0.481 e. The molecule has 5 nitrogen and oxygen atoms in total. The summed E-state index contributed by atoms with van der Waals surface area (Å²) in [4.78, 5) is 21.9. The number of aryl methyl sites for hydroxylation is 1. The number of aromatic amines is 1. The van der Waals surface area contributed by atoms with Crippen molar-refractivity contribution in [2.75, 3.05) is 0 Å². The third-order valence-electron chi connectivity index (χ3n) is 2.29. The highest BCUT2D eigenvalue weighted by Crippen LogP contribution is 2.12. The monoisotopic (exact) mass is 206 g/mol. The van der Waals surface area contributed by atoms with Crippen molar-refractivity contribution >= 4 is 16.9 Å². The lowest BCUT2D eigenvalue weighted by molar-refractivity contribution is -0.136. The Morgan fingerprint density at radius 2 is 2.27 bits per heavy atom. The van der Waals surface area contributed by atoms with E-state index < -0.39 is 5.97 Å². The summed E-state index contributed by atoms with van der Waals surface area (Å²) in [6, 6.07) is 5.01. The van der Waals surface area contributed by atoms with Crippen LogP contribution in [0.25, 0.3) is 10.9 Å². The smallest absolute Gasteiger partial charge is 0.307 e. The average molecular weight is 206 g/mol. The quantitative estimate of drug-likeness (QED) is 0.751. The first-order chi connectivity index (χ1) is 7.08. The van der Waals surface area contributed by atoms with E-state index in [1.54, 1.807) is 29.9 Å². The van der Waals surface area contributed by atoms with Crippen molar-refractivity contribution in [3.8, 4) is 0 Å². The third-order valence-corrected chi connectivity index (χ3v) is 2.29. The van der Waals surface area contributed by atoms with E-state index >= 15 is 0 Å². The summed E-state index contributed by atoms with van der Waals surface area (Å²) in [6.07, 6.45) is -0.0324. The van der Waals surface area contributed by atoms with Crippen molar-refractivity contribution in [3.05, 3.63) is 34.1 Å². The van der Waals surface area contributed by atoms with E-state index in [-0.39, 0.29) is 12.0 Å². The van der Waals surface area contributed by atoms with E-state index in [1.165, 1.54) is 0 Å². The van der Waals surface area contributed by atoms with Crippen molar-refractivity contribution in [1.82, 2.24) is 9.78 Å². The van der Waals surface area contributed by atoms with Crippen molar-refractivity contribution in [1.29, 1.82) is 0 Å². The first-order valence-electron chi connectivity index (χ1n) is 4.47. The average Bonchev–Trinajstić information content (AvgIpc) is 2.41. The number of nitrogens with zero attached hydrogens (tertiary/aromatic N) is 1. The molecular formula is C10H10N2O3. The molecule has 2 rings (SSSR count). The van der Waals surface area contributed by atoms with Crippen LogP contribution in [0.4, 0.5) is 0 Å². The molecule has 0 aliphatic rings. The Kier molecular flexibility index (Phi) is 2.07. The number of benzene rings is 1. The van der Waals surface area contributed by atoms with Gasteiger partial charge in [0.15, 0.2) is 0 Å². The van der Waals surface area contributed by atoms with Crippen LogP contribution in [0.5, 0.6) is 0 Å². The lowest BCUT2D eigenvalue weighted by Crippen LogP contribution is -2.01.